The molecule has 0 aromatic rings. The number of carbonyl (C=O) groups is 11. The second-order valence-corrected chi connectivity index (χ2v) is 26.1. The smallest absolute Gasteiger partial charge is 0.246 e. The van der Waals surface area contributed by atoms with Crippen LogP contribution in [0.15, 0.2) is 12.2 Å². The van der Waals surface area contributed by atoms with Crippen LogP contribution in [0.2, 0.25) is 0 Å². The minimum Gasteiger partial charge on any atom is -0.390 e. The van der Waals surface area contributed by atoms with E-state index in [1.54, 1.807) is 54.5 Å². The van der Waals surface area contributed by atoms with E-state index in [2.05, 4.69) is 26.6 Å². The summed E-state index contributed by atoms with van der Waals surface area (Å²) in [4.78, 5) is 167. The van der Waals surface area contributed by atoms with E-state index < -0.39 is 156 Å². The molecule has 1 saturated heterocycles. The summed E-state index contributed by atoms with van der Waals surface area (Å²) in [5.74, 6) is -9.82. The number of nitrogens with one attached hydrogen (secondary N) is 5. The van der Waals surface area contributed by atoms with Gasteiger partial charge < -0.3 is 61.1 Å². The van der Waals surface area contributed by atoms with E-state index in [4.69, 9.17) is 0 Å². The van der Waals surface area contributed by atoms with Gasteiger partial charge in [0.2, 0.25) is 65.0 Å². The molecular formula is C62H111N11O12. The number of nitrogens with zero attached hydrogens (tertiary/aromatic N) is 6. The van der Waals surface area contributed by atoms with Gasteiger partial charge in [-0.05, 0) is 101 Å². The average Bonchev–Trinajstić information content (AvgIpc) is 3.41. The van der Waals surface area contributed by atoms with Gasteiger partial charge in [0.15, 0.2) is 0 Å². The summed E-state index contributed by atoms with van der Waals surface area (Å²) in [6.45, 7) is 29.4. The van der Waals surface area contributed by atoms with Crippen molar-refractivity contribution >= 4 is 65.0 Å². The number of aliphatic hydroxyl groups is 1. The fourth-order valence-corrected chi connectivity index (χ4v) is 10.6. The topological polar surface area (TPSA) is 288 Å². The Hall–Kier alpha value is -6.13. The Kier molecular flexibility index (Phi) is 32.1. The van der Waals surface area contributed by atoms with Gasteiger partial charge in [-0.3, -0.25) is 52.7 Å². The molecule has 4 unspecified atom stereocenters. The van der Waals surface area contributed by atoms with Crippen molar-refractivity contribution < 1.29 is 57.8 Å². The lowest BCUT2D eigenvalue weighted by Gasteiger charge is -2.40. The van der Waals surface area contributed by atoms with Gasteiger partial charge in [0.25, 0.3) is 0 Å². The van der Waals surface area contributed by atoms with Crippen molar-refractivity contribution in [1.82, 2.24) is 56.0 Å². The van der Waals surface area contributed by atoms with Gasteiger partial charge in [0.05, 0.1) is 12.6 Å². The van der Waals surface area contributed by atoms with E-state index >= 15 is 4.79 Å². The second-order valence-electron chi connectivity index (χ2n) is 26.1. The predicted octanol–water partition coefficient (Wildman–Crippen LogP) is 3.32. The largest absolute Gasteiger partial charge is 0.390 e. The normalized spacial score (nSPS) is 26.8. The molecule has 11 amide bonds. The van der Waals surface area contributed by atoms with Crippen LogP contribution in [-0.2, 0) is 52.7 Å². The zero-order valence-electron chi connectivity index (χ0n) is 55.8. The standard InChI is InChI=1S/C62H111N11O12/c1-24-26-28-40(15)52(75)51-57(80)65-43(27-25-2)59(82)68(18)33-48(74)69(19)45(30-35(5)6)56(79)67-49(38(11)12)61(84)71(21)46(31-36(7)8)54(77)63-41(16)53(76)64-42(17)58(81)70(20)47(32-37(9)10)55(78)66-44(29-34(3)4)60(83)72(22)50(39(13)14)62(85)73(51)23/h24,26,34-47,49-52,75H,25,27-33H2,1-23H3,(H,63,77)(H,64,76)(H,65,80)(H,66,78)(H,67,79)/b26-24+/t40-,41?,42-,43?,44?,45-,46-,47+,49-,50+,51?,52-/m1/s1. The van der Waals surface area contributed by atoms with Crippen LogP contribution in [0.1, 0.15) is 163 Å². The summed E-state index contributed by atoms with van der Waals surface area (Å²) in [5, 5.41) is 26.0. The van der Waals surface area contributed by atoms with Gasteiger partial charge in [-0.15, -0.1) is 0 Å². The van der Waals surface area contributed by atoms with Crippen LogP contribution in [-0.4, -0.2) is 215 Å². The summed E-state index contributed by atoms with van der Waals surface area (Å²) < 4.78 is 0. The van der Waals surface area contributed by atoms with Crippen LogP contribution in [0.3, 0.4) is 0 Å². The molecule has 1 fully saturated rings. The van der Waals surface area contributed by atoms with Crippen molar-refractivity contribution in [3.63, 3.8) is 0 Å². The molecule has 0 aromatic heterocycles. The summed E-state index contributed by atoms with van der Waals surface area (Å²) >= 11 is 0. The first-order valence-corrected chi connectivity index (χ1v) is 30.7. The molecule has 6 N–H and O–H groups in total. The van der Waals surface area contributed by atoms with Crippen LogP contribution >= 0.6 is 0 Å². The van der Waals surface area contributed by atoms with Crippen LogP contribution in [0.5, 0.6) is 0 Å². The predicted molar refractivity (Wildman–Crippen MR) is 328 cm³/mol. The van der Waals surface area contributed by atoms with E-state index in [0.717, 1.165) is 9.80 Å². The van der Waals surface area contributed by atoms with Crippen LogP contribution in [0.4, 0.5) is 0 Å². The Morgan fingerprint density at radius 3 is 1.36 bits per heavy atom. The molecule has 486 valence electrons. The lowest BCUT2D eigenvalue weighted by Crippen LogP contribution is -2.63. The molecule has 23 heteroatoms. The summed E-state index contributed by atoms with van der Waals surface area (Å²) in [7, 11) is 8.43. The fourth-order valence-electron chi connectivity index (χ4n) is 10.6. The third-order valence-corrected chi connectivity index (χ3v) is 15.8. The minimum atomic E-state index is -1.61. The first-order valence-electron chi connectivity index (χ1n) is 30.7. The fraction of sp³-hybridized carbons (Fsp3) is 0.790. The Labute approximate surface area is 508 Å². The number of hydrogen-bond donors (Lipinski definition) is 6. The van der Waals surface area contributed by atoms with Crippen molar-refractivity contribution in [1.29, 1.82) is 0 Å². The molecule has 0 bridgehead atoms. The van der Waals surface area contributed by atoms with Gasteiger partial charge in [0, 0.05) is 42.3 Å². The van der Waals surface area contributed by atoms with Crippen molar-refractivity contribution in [2.24, 2.45) is 41.4 Å². The maximum Gasteiger partial charge on any atom is 0.246 e. The van der Waals surface area contributed by atoms with Gasteiger partial charge >= 0.3 is 0 Å². The summed E-state index contributed by atoms with van der Waals surface area (Å²) in [6, 6.07) is -12.4. The zero-order chi connectivity index (χ0) is 65.8. The number of likely N-dealkylation sites (N-methyl/N-ethyl adjacent to an activating group) is 6. The van der Waals surface area contributed by atoms with Crippen LogP contribution in [0.25, 0.3) is 0 Å². The lowest BCUT2D eigenvalue weighted by molar-refractivity contribution is -0.154. The van der Waals surface area contributed by atoms with Crippen molar-refractivity contribution in [3.8, 4) is 0 Å². The highest BCUT2D eigenvalue weighted by atomic mass is 16.3. The molecule has 0 aliphatic carbocycles. The van der Waals surface area contributed by atoms with Crippen molar-refractivity contribution in [2.75, 3.05) is 48.8 Å². The van der Waals surface area contributed by atoms with Crippen LogP contribution in [0, 0.1) is 41.4 Å². The molecular weight excluding hydrogens is 1090 g/mol. The Bertz CT molecular complexity index is 2310. The average molecular weight is 1200 g/mol. The third-order valence-electron chi connectivity index (χ3n) is 15.8. The Morgan fingerprint density at radius 1 is 0.471 bits per heavy atom. The first kappa shape index (κ1) is 76.9. The molecule has 1 aliphatic rings. The Balaban J connectivity index is 4.30. The molecule has 85 heavy (non-hydrogen) atoms. The molecule has 23 nitrogen and oxygen atoms in total. The molecule has 1 heterocycles. The Morgan fingerprint density at radius 2 is 0.906 bits per heavy atom. The van der Waals surface area contributed by atoms with Crippen molar-refractivity contribution in [3.05, 3.63) is 12.2 Å². The number of hydrogen-bond acceptors (Lipinski definition) is 12. The van der Waals surface area contributed by atoms with E-state index in [9.17, 15) is 53.1 Å². The highest BCUT2D eigenvalue weighted by Crippen LogP contribution is 2.24. The first-order chi connectivity index (χ1) is 39.3. The zero-order valence-corrected chi connectivity index (χ0v) is 55.8. The van der Waals surface area contributed by atoms with E-state index in [-0.39, 0.29) is 55.8 Å². The van der Waals surface area contributed by atoms with Crippen molar-refractivity contribution in [2.45, 2.75) is 229 Å². The van der Waals surface area contributed by atoms with Crippen LogP contribution < -0.4 is 26.6 Å². The molecule has 1 aliphatic heterocycles. The molecule has 0 radical (unpaired) electrons. The van der Waals surface area contributed by atoms with Gasteiger partial charge in [-0.2, -0.15) is 0 Å². The molecule has 0 saturated carbocycles. The lowest BCUT2D eigenvalue weighted by atomic mass is 9.91. The number of allylic oxidation sites excluding steroid dienone is 2. The van der Waals surface area contributed by atoms with Gasteiger partial charge in [-0.25, -0.2) is 0 Å². The quantitative estimate of drug-likeness (QED) is 0.121. The molecule has 12 atom stereocenters. The number of rotatable bonds is 16. The second kappa shape index (κ2) is 35.5. The molecule has 0 aromatic carbocycles. The van der Waals surface area contributed by atoms with E-state index in [1.807, 2.05) is 61.5 Å². The highest BCUT2D eigenvalue weighted by molar-refractivity contribution is 5.99. The number of carbonyl (C=O) groups excluding carboxylic acids is 11. The van der Waals surface area contributed by atoms with E-state index in [1.165, 1.54) is 75.7 Å². The minimum absolute atomic E-state index is 0.0918. The summed E-state index contributed by atoms with van der Waals surface area (Å²) in [6.07, 6.45) is 3.47. The molecule has 1 rings (SSSR count). The highest BCUT2D eigenvalue weighted by Gasteiger charge is 2.45. The van der Waals surface area contributed by atoms with Gasteiger partial charge in [-0.1, -0.05) is 116 Å². The third kappa shape index (κ3) is 22.6. The summed E-state index contributed by atoms with van der Waals surface area (Å²) in [5.41, 5.74) is 0. The number of aliphatic hydroxyl groups excluding tert-OH is 1. The maximum absolute atomic E-state index is 15.1. The van der Waals surface area contributed by atoms with E-state index in [0.29, 0.717) is 12.8 Å². The SMILES string of the molecule is C/C=C/C[C@@H](C)[C@@H](O)C1C(=O)NC(CCC)C(=O)N(C)CC(=O)N(C)[C@H](CC(C)C)C(=O)N[C@H](C(C)C)C(=O)N(C)[C@H](CC(C)C)C(=O)NC(C)C(=O)N[C@H](C)C(=O)N(C)[C@@H](CC(C)C)C(=O)NC(CC(C)C)C(=O)N(C)[C@@H](C(C)C)C(=O)N1C. The maximum atomic E-state index is 15.1. The monoisotopic (exact) mass is 1200 g/mol. The van der Waals surface area contributed by atoms with Gasteiger partial charge in [0.1, 0.15) is 60.4 Å². The number of amides is 11. The molecule has 0 spiro atoms.